The molecule has 1 aromatic rings. The molecule has 0 unspecified atom stereocenters. The van der Waals surface area contributed by atoms with Gasteiger partial charge in [0.2, 0.25) is 0 Å². The maximum Gasteiger partial charge on any atom is 0.408 e. The van der Waals surface area contributed by atoms with Gasteiger partial charge in [0.25, 0.3) is 0 Å². The normalized spacial score (nSPS) is 25.7. The van der Waals surface area contributed by atoms with Crippen molar-refractivity contribution >= 4 is 22.0 Å². The highest BCUT2D eigenvalue weighted by atomic mass is 79.9. The lowest BCUT2D eigenvalue weighted by molar-refractivity contribution is 0.141. The molecule has 0 bridgehead atoms. The third-order valence-electron chi connectivity index (χ3n) is 2.24. The van der Waals surface area contributed by atoms with Crippen LogP contribution in [0.25, 0.3) is 0 Å². The first kappa shape index (κ1) is 9.52. The van der Waals surface area contributed by atoms with E-state index >= 15 is 0 Å². The van der Waals surface area contributed by atoms with Crippen LogP contribution in [0.15, 0.2) is 28.7 Å². The van der Waals surface area contributed by atoms with Crippen LogP contribution in [0.4, 0.5) is 4.79 Å². The number of carbonyl (C=O) groups excluding carboxylic acids is 1. The number of ether oxygens (including phenoxy) is 1. The van der Waals surface area contributed by atoms with E-state index in [9.17, 15) is 4.79 Å². The first-order valence-corrected chi connectivity index (χ1v) is 5.19. The Morgan fingerprint density at radius 1 is 1.50 bits per heavy atom. The van der Waals surface area contributed by atoms with Crippen molar-refractivity contribution in [3.05, 3.63) is 34.3 Å². The van der Waals surface area contributed by atoms with Crippen molar-refractivity contribution in [1.82, 2.24) is 5.32 Å². The summed E-state index contributed by atoms with van der Waals surface area (Å²) in [5.41, 5.74) is 1.05. The lowest BCUT2D eigenvalue weighted by Crippen LogP contribution is -2.20. The van der Waals surface area contributed by atoms with Crippen molar-refractivity contribution in [2.45, 2.75) is 19.1 Å². The molecular weight excluding hydrogens is 246 g/mol. The van der Waals surface area contributed by atoms with Crippen LogP contribution < -0.4 is 5.32 Å². The number of alkyl carbamates (subject to hydrolysis) is 1. The summed E-state index contributed by atoms with van der Waals surface area (Å²) in [6, 6.07) is 7.80. The number of halogens is 1. The van der Waals surface area contributed by atoms with E-state index in [2.05, 4.69) is 21.2 Å². The van der Waals surface area contributed by atoms with Gasteiger partial charge < -0.3 is 10.1 Å². The van der Waals surface area contributed by atoms with Gasteiger partial charge in [0, 0.05) is 4.47 Å². The second-order valence-electron chi connectivity index (χ2n) is 3.29. The highest BCUT2D eigenvalue weighted by molar-refractivity contribution is 9.10. The van der Waals surface area contributed by atoms with Crippen molar-refractivity contribution in [3.63, 3.8) is 0 Å². The topological polar surface area (TPSA) is 38.3 Å². The number of rotatable bonds is 1. The average molecular weight is 256 g/mol. The van der Waals surface area contributed by atoms with E-state index in [0.29, 0.717) is 0 Å². The van der Waals surface area contributed by atoms with Crippen molar-refractivity contribution in [2.24, 2.45) is 0 Å². The van der Waals surface area contributed by atoms with Gasteiger partial charge in [-0.05, 0) is 24.6 Å². The smallest absolute Gasteiger partial charge is 0.408 e. The van der Waals surface area contributed by atoms with Crippen molar-refractivity contribution in [3.8, 4) is 0 Å². The Labute approximate surface area is 90.6 Å². The van der Waals surface area contributed by atoms with Gasteiger partial charge in [-0.25, -0.2) is 4.79 Å². The lowest BCUT2D eigenvalue weighted by atomic mass is 10.0. The molecule has 1 amide bonds. The molecule has 0 saturated carbocycles. The second-order valence-corrected chi connectivity index (χ2v) is 4.20. The summed E-state index contributed by atoms with van der Waals surface area (Å²) in [6.07, 6.45) is -0.459. The van der Waals surface area contributed by atoms with E-state index in [-0.39, 0.29) is 18.2 Å². The molecule has 1 heterocycles. The molecule has 2 atom stereocenters. The fraction of sp³-hybridized carbons (Fsp3) is 0.300. The highest BCUT2D eigenvalue weighted by Gasteiger charge is 2.31. The first-order valence-electron chi connectivity index (χ1n) is 4.39. The summed E-state index contributed by atoms with van der Waals surface area (Å²) >= 11 is 3.39. The van der Waals surface area contributed by atoms with E-state index in [1.807, 2.05) is 31.2 Å². The summed E-state index contributed by atoms with van der Waals surface area (Å²) in [4.78, 5) is 11.0. The number of carbonyl (C=O) groups is 1. The van der Waals surface area contributed by atoms with Crippen LogP contribution in [0, 0.1) is 0 Å². The molecule has 3 nitrogen and oxygen atoms in total. The van der Waals surface area contributed by atoms with Crippen LogP contribution in [-0.4, -0.2) is 12.2 Å². The maximum atomic E-state index is 11.0. The molecular formula is C10H10BrNO2. The van der Waals surface area contributed by atoms with Crippen LogP contribution in [0.5, 0.6) is 0 Å². The Morgan fingerprint density at radius 3 is 2.86 bits per heavy atom. The van der Waals surface area contributed by atoms with Gasteiger partial charge in [0.1, 0.15) is 6.10 Å². The Balaban J connectivity index is 2.27. The third-order valence-corrected chi connectivity index (χ3v) is 2.74. The molecule has 4 heteroatoms. The van der Waals surface area contributed by atoms with Gasteiger partial charge in [-0.15, -0.1) is 0 Å². The van der Waals surface area contributed by atoms with Gasteiger partial charge in [-0.2, -0.15) is 0 Å². The molecule has 14 heavy (non-hydrogen) atoms. The Kier molecular flexibility index (Phi) is 2.46. The van der Waals surface area contributed by atoms with E-state index in [1.165, 1.54) is 0 Å². The Hall–Kier alpha value is -1.03. The molecule has 1 aromatic carbocycles. The van der Waals surface area contributed by atoms with Gasteiger partial charge in [-0.3, -0.25) is 0 Å². The molecule has 2 rings (SSSR count). The van der Waals surface area contributed by atoms with Gasteiger partial charge in [0.05, 0.1) is 6.04 Å². The van der Waals surface area contributed by atoms with Crippen molar-refractivity contribution in [1.29, 1.82) is 0 Å². The molecule has 0 spiro atoms. The molecule has 0 aliphatic carbocycles. The van der Waals surface area contributed by atoms with Crippen LogP contribution >= 0.6 is 15.9 Å². The molecule has 0 aromatic heterocycles. The summed E-state index contributed by atoms with van der Waals surface area (Å²) in [5, 5.41) is 2.77. The summed E-state index contributed by atoms with van der Waals surface area (Å²) in [7, 11) is 0. The van der Waals surface area contributed by atoms with Crippen LogP contribution in [0.2, 0.25) is 0 Å². The number of hydrogen-bond donors (Lipinski definition) is 1. The van der Waals surface area contributed by atoms with Crippen molar-refractivity contribution < 1.29 is 9.53 Å². The number of amides is 1. The maximum absolute atomic E-state index is 11.0. The molecule has 74 valence electrons. The zero-order valence-corrected chi connectivity index (χ0v) is 9.24. The molecule has 1 fully saturated rings. The summed E-state index contributed by atoms with van der Waals surface area (Å²) < 4.78 is 6.01. The minimum Gasteiger partial charge on any atom is -0.444 e. The second kappa shape index (κ2) is 3.61. The Morgan fingerprint density at radius 2 is 2.29 bits per heavy atom. The van der Waals surface area contributed by atoms with E-state index in [1.54, 1.807) is 0 Å². The number of cyclic esters (lactones) is 1. The molecule has 1 aliphatic heterocycles. The minimum absolute atomic E-state index is 0.0417. The molecule has 1 N–H and O–H groups in total. The molecule has 1 saturated heterocycles. The van der Waals surface area contributed by atoms with Gasteiger partial charge >= 0.3 is 6.09 Å². The SMILES string of the molecule is C[C@@H]1OC(=O)N[C@@H]1c1cccc(Br)c1. The zero-order chi connectivity index (χ0) is 10.1. The quantitative estimate of drug-likeness (QED) is 0.838. The third kappa shape index (κ3) is 1.75. The highest BCUT2D eigenvalue weighted by Crippen LogP contribution is 2.26. The lowest BCUT2D eigenvalue weighted by Gasteiger charge is -2.12. The minimum atomic E-state index is -0.345. The standard InChI is InChI=1S/C10H10BrNO2/c1-6-9(12-10(13)14-6)7-3-2-4-8(11)5-7/h2-6,9H,1H3,(H,12,13)/t6-,9-/m0/s1. The fourth-order valence-corrected chi connectivity index (χ4v) is 1.99. The molecule has 0 radical (unpaired) electrons. The largest absolute Gasteiger partial charge is 0.444 e. The predicted molar refractivity (Wildman–Crippen MR) is 56.0 cm³/mol. The van der Waals surface area contributed by atoms with E-state index < -0.39 is 0 Å². The Bertz CT molecular complexity index is 367. The molecule has 1 aliphatic rings. The first-order chi connectivity index (χ1) is 6.66. The number of nitrogens with one attached hydrogen (secondary N) is 1. The van der Waals surface area contributed by atoms with Crippen LogP contribution in [-0.2, 0) is 4.74 Å². The van der Waals surface area contributed by atoms with E-state index in [4.69, 9.17) is 4.74 Å². The number of benzene rings is 1. The van der Waals surface area contributed by atoms with Gasteiger partial charge in [0.15, 0.2) is 0 Å². The van der Waals surface area contributed by atoms with Gasteiger partial charge in [-0.1, -0.05) is 28.1 Å². The monoisotopic (exact) mass is 255 g/mol. The summed E-state index contributed by atoms with van der Waals surface area (Å²) in [5.74, 6) is 0. The zero-order valence-electron chi connectivity index (χ0n) is 7.66. The fourth-order valence-electron chi connectivity index (χ4n) is 1.57. The summed E-state index contributed by atoms with van der Waals surface area (Å²) in [6.45, 7) is 1.88. The predicted octanol–water partition coefficient (Wildman–Crippen LogP) is 2.62. The van der Waals surface area contributed by atoms with Crippen LogP contribution in [0.1, 0.15) is 18.5 Å². The van der Waals surface area contributed by atoms with Crippen LogP contribution in [0.3, 0.4) is 0 Å². The van der Waals surface area contributed by atoms with E-state index in [0.717, 1.165) is 10.0 Å². The number of hydrogen-bond acceptors (Lipinski definition) is 2. The van der Waals surface area contributed by atoms with Crippen molar-refractivity contribution in [2.75, 3.05) is 0 Å². The average Bonchev–Trinajstić information content (AvgIpc) is 2.45.